The molecule has 0 aromatic heterocycles. The van der Waals surface area contributed by atoms with Gasteiger partial charge in [0.1, 0.15) is 6.61 Å². The molecule has 0 bridgehead atoms. The minimum Gasteiger partial charge on any atom is -0.461 e. The number of esters is 1. The first-order valence-corrected chi connectivity index (χ1v) is 18.9. The van der Waals surface area contributed by atoms with Crippen LogP contribution in [0, 0.1) is 56.7 Å². The Balaban J connectivity index is 1.31. The second-order valence-corrected chi connectivity index (χ2v) is 18.1. The molecule has 5 aliphatic rings. The molecule has 4 heteroatoms. The third kappa shape index (κ3) is 5.17. The fourth-order valence-corrected chi connectivity index (χ4v) is 12.5. The van der Waals surface area contributed by atoms with E-state index in [1.807, 2.05) is 73.7 Å². The smallest absolute Gasteiger partial charge is 0.307 e. The molecule has 4 fully saturated rings. The first-order chi connectivity index (χ1) is 23.2. The molecule has 0 aliphatic heterocycles. The fourth-order valence-electron chi connectivity index (χ4n) is 12.5. The summed E-state index contributed by atoms with van der Waals surface area (Å²) in [5.74, 6) is 1.19. The molecule has 5 aliphatic carbocycles. The largest absolute Gasteiger partial charge is 0.461 e. The Morgan fingerprint density at radius 1 is 0.857 bits per heavy atom. The van der Waals surface area contributed by atoms with Gasteiger partial charge in [0, 0.05) is 11.3 Å². The molecule has 7 rings (SSSR count). The van der Waals surface area contributed by atoms with Gasteiger partial charge in [0.2, 0.25) is 0 Å². The lowest BCUT2D eigenvalue weighted by Crippen LogP contribution is -2.67. The maximum Gasteiger partial charge on any atom is 0.307 e. The van der Waals surface area contributed by atoms with Crippen molar-refractivity contribution in [3.05, 3.63) is 89.0 Å². The Kier molecular flexibility index (Phi) is 8.31. The lowest BCUT2D eigenvalue weighted by atomic mass is 9.33. The minimum absolute atomic E-state index is 0.0108. The van der Waals surface area contributed by atoms with Crippen molar-refractivity contribution in [2.24, 2.45) is 56.7 Å². The van der Waals surface area contributed by atoms with Gasteiger partial charge in [0.25, 0.3) is 0 Å². The summed E-state index contributed by atoms with van der Waals surface area (Å²) in [6.45, 7) is 16.7. The van der Waals surface area contributed by atoms with Crippen LogP contribution in [-0.4, -0.2) is 17.5 Å². The lowest BCUT2D eigenvalue weighted by molar-refractivity contribution is -0.187. The molecule has 260 valence electrons. The molecular weight excluding hydrogens is 604 g/mol. The van der Waals surface area contributed by atoms with Crippen molar-refractivity contribution in [3.8, 4) is 0 Å². The number of rotatable bonds is 5. The number of carbonyl (C=O) groups is 3. The highest BCUT2D eigenvalue weighted by molar-refractivity contribution is 6.06. The number of allylic oxidation sites excluding steroid dienone is 3. The summed E-state index contributed by atoms with van der Waals surface area (Å²) in [6, 6.07) is 19.7. The van der Waals surface area contributed by atoms with E-state index in [9.17, 15) is 9.59 Å². The molecule has 0 spiro atoms. The van der Waals surface area contributed by atoms with Crippen molar-refractivity contribution in [1.82, 2.24) is 0 Å². The number of benzene rings is 2. The number of ketones is 2. The van der Waals surface area contributed by atoms with Gasteiger partial charge in [-0.25, -0.2) is 0 Å². The van der Waals surface area contributed by atoms with Crippen LogP contribution in [-0.2, 0) is 25.7 Å². The number of hydrogen-bond acceptors (Lipinski definition) is 4. The fraction of sp³-hybridized carbons (Fsp3) is 0.578. The van der Waals surface area contributed by atoms with Gasteiger partial charge >= 0.3 is 5.97 Å². The lowest BCUT2D eigenvalue weighted by Gasteiger charge is -2.70. The zero-order valence-corrected chi connectivity index (χ0v) is 30.8. The van der Waals surface area contributed by atoms with Crippen molar-refractivity contribution >= 4 is 23.6 Å². The molecule has 1 unspecified atom stereocenters. The van der Waals surface area contributed by atoms with Crippen molar-refractivity contribution in [1.29, 1.82) is 0 Å². The molecule has 4 nitrogen and oxygen atoms in total. The van der Waals surface area contributed by atoms with E-state index in [0.717, 1.165) is 36.0 Å². The molecule has 10 atom stereocenters. The first kappa shape index (κ1) is 34.2. The van der Waals surface area contributed by atoms with Crippen molar-refractivity contribution < 1.29 is 19.1 Å². The predicted molar refractivity (Wildman–Crippen MR) is 195 cm³/mol. The summed E-state index contributed by atoms with van der Waals surface area (Å²) < 4.78 is 5.84. The maximum absolute atomic E-state index is 15.0. The number of fused-ring (bicyclic) bond motifs is 7. The summed E-state index contributed by atoms with van der Waals surface area (Å²) in [7, 11) is 0. The molecule has 49 heavy (non-hydrogen) atoms. The normalized spacial score (nSPS) is 42.3. The second-order valence-electron chi connectivity index (χ2n) is 18.1. The molecule has 4 saturated carbocycles. The highest BCUT2D eigenvalue weighted by Crippen LogP contribution is 2.75. The van der Waals surface area contributed by atoms with E-state index < -0.39 is 10.8 Å². The van der Waals surface area contributed by atoms with E-state index in [2.05, 4.69) is 47.6 Å². The van der Waals surface area contributed by atoms with Crippen LogP contribution in [0.1, 0.15) is 111 Å². The van der Waals surface area contributed by atoms with Crippen LogP contribution in [0.3, 0.4) is 0 Å². The molecule has 0 N–H and O–H groups in total. The summed E-state index contributed by atoms with van der Waals surface area (Å²) in [4.78, 5) is 43.5. The van der Waals surface area contributed by atoms with E-state index in [-0.39, 0.29) is 58.6 Å². The summed E-state index contributed by atoms with van der Waals surface area (Å²) >= 11 is 0. The monoisotopic (exact) mass is 660 g/mol. The predicted octanol–water partition coefficient (Wildman–Crippen LogP) is 10.2. The van der Waals surface area contributed by atoms with E-state index in [0.29, 0.717) is 24.2 Å². The second kappa shape index (κ2) is 11.9. The SMILES string of the molecule is C[C@H]1[C@H](C)CC[C@]2(C)CC[C@]3(C)C(=CC(=O)[C@@H]4[C@@]5(C)C/C(=C\c6ccccc6)C(=O)C(C)(CC(=O)OCc6ccccc6)[C@@H]5CC[C@]43C)[C@H]12. The van der Waals surface area contributed by atoms with Gasteiger partial charge < -0.3 is 4.74 Å². The Bertz CT molecular complexity index is 1710. The Morgan fingerprint density at radius 3 is 2.22 bits per heavy atom. The van der Waals surface area contributed by atoms with Gasteiger partial charge in [0.15, 0.2) is 11.6 Å². The molecular formula is C45H56O4. The Hall–Kier alpha value is -3.27. The van der Waals surface area contributed by atoms with Gasteiger partial charge in [-0.1, -0.05) is 115 Å². The number of ether oxygens (including phenoxy) is 1. The van der Waals surface area contributed by atoms with Gasteiger partial charge in [-0.15, -0.1) is 0 Å². The Labute approximate surface area is 294 Å². The molecule has 0 saturated heterocycles. The van der Waals surface area contributed by atoms with Crippen LogP contribution in [0.25, 0.3) is 6.08 Å². The average Bonchev–Trinajstić information content (AvgIpc) is 3.06. The van der Waals surface area contributed by atoms with E-state index >= 15 is 4.79 Å². The minimum atomic E-state index is -0.980. The molecule has 2 aromatic carbocycles. The van der Waals surface area contributed by atoms with Crippen molar-refractivity contribution in [2.45, 2.75) is 106 Å². The summed E-state index contributed by atoms with van der Waals surface area (Å²) in [5.41, 5.74) is 2.47. The Morgan fingerprint density at radius 2 is 1.53 bits per heavy atom. The van der Waals surface area contributed by atoms with E-state index in [4.69, 9.17) is 4.74 Å². The number of Topliss-reactive ketones (excluding diaryl/α,β-unsaturated/α-hetero) is 1. The highest BCUT2D eigenvalue weighted by Gasteiger charge is 2.71. The molecule has 2 aromatic rings. The van der Waals surface area contributed by atoms with Gasteiger partial charge in [-0.2, -0.15) is 0 Å². The third-order valence-corrected chi connectivity index (χ3v) is 15.4. The number of hydrogen-bond donors (Lipinski definition) is 0. The van der Waals surface area contributed by atoms with Crippen molar-refractivity contribution in [2.75, 3.05) is 0 Å². The topological polar surface area (TPSA) is 60.4 Å². The molecule has 0 heterocycles. The first-order valence-electron chi connectivity index (χ1n) is 18.9. The van der Waals surface area contributed by atoms with Crippen LogP contribution in [0.2, 0.25) is 0 Å². The quantitative estimate of drug-likeness (QED) is 0.237. The standard InChI is InChI=1S/C45H56O4/c1-29-18-20-41(3)22-23-44(6)34(38(41)30(29)2)25-35(46)39-42(4)26-33(24-31-14-10-8-11-15-31)40(48)43(5,36(42)19-21-45(39,44)7)27-37(47)49-28-32-16-12-9-13-17-32/h8-17,24-25,29-30,36,38-39H,18-23,26-28H2,1-7H3/b33-24+/t29-,30+,36-,38+,39-,41-,42+,43?,44-,45-/m1/s1. The van der Waals surface area contributed by atoms with Crippen LogP contribution in [0.15, 0.2) is 77.9 Å². The average molecular weight is 661 g/mol. The highest BCUT2D eigenvalue weighted by atomic mass is 16.5. The van der Waals surface area contributed by atoms with E-state index in [1.165, 1.54) is 24.8 Å². The van der Waals surface area contributed by atoms with Crippen LogP contribution < -0.4 is 0 Å². The molecule has 0 amide bonds. The van der Waals surface area contributed by atoms with Crippen LogP contribution in [0.4, 0.5) is 0 Å². The zero-order valence-electron chi connectivity index (χ0n) is 30.8. The third-order valence-electron chi connectivity index (χ3n) is 15.4. The van der Waals surface area contributed by atoms with Crippen molar-refractivity contribution in [3.63, 3.8) is 0 Å². The summed E-state index contributed by atoms with van der Waals surface area (Å²) in [5, 5.41) is 0. The maximum atomic E-state index is 15.0. The van der Waals surface area contributed by atoms with Gasteiger partial charge in [-0.05, 0) is 119 Å². The van der Waals surface area contributed by atoms with Crippen LogP contribution >= 0.6 is 0 Å². The zero-order chi connectivity index (χ0) is 35.0. The van der Waals surface area contributed by atoms with Gasteiger partial charge in [0.05, 0.1) is 6.42 Å². The van der Waals surface area contributed by atoms with Crippen LogP contribution in [0.5, 0.6) is 0 Å². The summed E-state index contributed by atoms with van der Waals surface area (Å²) in [6.07, 6.45) is 11.2. The molecule has 0 radical (unpaired) electrons. The number of carbonyl (C=O) groups excluding carboxylic acids is 3. The van der Waals surface area contributed by atoms with E-state index in [1.54, 1.807) is 0 Å². The van der Waals surface area contributed by atoms with Gasteiger partial charge in [-0.3, -0.25) is 14.4 Å².